The molecule has 0 aliphatic rings. The highest BCUT2D eigenvalue weighted by atomic mass is 19.2. The van der Waals surface area contributed by atoms with E-state index in [0.717, 1.165) is 12.8 Å². The summed E-state index contributed by atoms with van der Waals surface area (Å²) in [4.78, 5) is 0. The first-order valence-electron chi connectivity index (χ1n) is 10.4. The molecule has 0 atom stereocenters. The van der Waals surface area contributed by atoms with Gasteiger partial charge in [0.15, 0.2) is 11.6 Å². The van der Waals surface area contributed by atoms with Crippen molar-refractivity contribution in [3.63, 3.8) is 0 Å². The molecule has 29 heavy (non-hydrogen) atoms. The normalized spacial score (nSPS) is 11.6. The van der Waals surface area contributed by atoms with Gasteiger partial charge in [-0.2, -0.15) is 0 Å². The largest absolute Gasteiger partial charge is 0.206 e. The Morgan fingerprint density at radius 2 is 1.59 bits per heavy atom. The summed E-state index contributed by atoms with van der Waals surface area (Å²) in [6, 6.07) is 12.5. The summed E-state index contributed by atoms with van der Waals surface area (Å²) < 4.78 is 44.4. The molecule has 3 rings (SSSR count). The number of unbranched alkanes of at least 4 members (excludes halogenated alkanes) is 2. The van der Waals surface area contributed by atoms with Crippen LogP contribution in [-0.2, 0) is 12.8 Å². The molecule has 0 fully saturated rings. The molecule has 0 aliphatic heterocycles. The summed E-state index contributed by atoms with van der Waals surface area (Å²) in [6.07, 6.45) is 9.23. The zero-order chi connectivity index (χ0) is 20.8. The topological polar surface area (TPSA) is 0 Å². The van der Waals surface area contributed by atoms with E-state index in [-0.39, 0.29) is 16.5 Å². The van der Waals surface area contributed by atoms with E-state index in [2.05, 4.69) is 6.92 Å². The first kappa shape index (κ1) is 21.2. The van der Waals surface area contributed by atoms with Gasteiger partial charge in [-0.05, 0) is 60.7 Å². The predicted molar refractivity (Wildman–Crippen MR) is 116 cm³/mol. The van der Waals surface area contributed by atoms with Crippen LogP contribution in [0.5, 0.6) is 0 Å². The fourth-order valence-electron chi connectivity index (χ4n) is 3.68. The first-order valence-corrected chi connectivity index (χ1v) is 10.4. The Hall–Kier alpha value is -2.55. The standard InChI is InChI=1S/C26H27F3/c1-3-5-7-9-18-11-13-19(14-12-18)22-16-15-20-17-21(10-8-6-4-2)24(27)26(29)23(20)25(22)28/h4,6,11-17H,3,5,7-10H2,1-2H3/b6-4+. The van der Waals surface area contributed by atoms with Crippen LogP contribution in [0.2, 0.25) is 0 Å². The Labute approximate surface area is 171 Å². The van der Waals surface area contributed by atoms with Crippen LogP contribution >= 0.6 is 0 Å². The van der Waals surface area contributed by atoms with Crippen molar-refractivity contribution >= 4 is 10.8 Å². The fraction of sp³-hybridized carbons (Fsp3) is 0.308. The SMILES string of the molecule is C/C=C/CCc1cc2ccc(-c3ccc(CCCCC)cc3)c(F)c2c(F)c1F. The number of rotatable bonds is 8. The Bertz CT molecular complexity index is 1000. The summed E-state index contributed by atoms with van der Waals surface area (Å²) in [6.45, 7) is 4.05. The highest BCUT2D eigenvalue weighted by Crippen LogP contribution is 2.33. The second kappa shape index (κ2) is 9.78. The molecule has 0 aliphatic carbocycles. The van der Waals surface area contributed by atoms with Crippen LogP contribution in [0.3, 0.4) is 0 Å². The Morgan fingerprint density at radius 3 is 2.28 bits per heavy atom. The van der Waals surface area contributed by atoms with Crippen molar-refractivity contribution in [2.24, 2.45) is 0 Å². The Balaban J connectivity index is 1.95. The van der Waals surface area contributed by atoms with E-state index in [9.17, 15) is 8.78 Å². The van der Waals surface area contributed by atoms with Gasteiger partial charge in [0.1, 0.15) is 5.82 Å². The van der Waals surface area contributed by atoms with Gasteiger partial charge in [-0.1, -0.05) is 68.3 Å². The molecule has 0 unspecified atom stereocenters. The highest BCUT2D eigenvalue weighted by Gasteiger charge is 2.19. The van der Waals surface area contributed by atoms with Crippen molar-refractivity contribution in [2.45, 2.75) is 52.4 Å². The summed E-state index contributed by atoms with van der Waals surface area (Å²) in [7, 11) is 0. The molecule has 0 saturated heterocycles. The van der Waals surface area contributed by atoms with Gasteiger partial charge in [-0.15, -0.1) is 0 Å². The number of hydrogen-bond acceptors (Lipinski definition) is 0. The third-order valence-corrected chi connectivity index (χ3v) is 5.35. The third kappa shape index (κ3) is 4.72. The minimum Gasteiger partial charge on any atom is -0.206 e. The van der Waals surface area contributed by atoms with E-state index in [4.69, 9.17) is 0 Å². The van der Waals surface area contributed by atoms with Crippen LogP contribution in [0.25, 0.3) is 21.9 Å². The quantitative estimate of drug-likeness (QED) is 0.266. The van der Waals surface area contributed by atoms with E-state index in [0.29, 0.717) is 23.8 Å². The van der Waals surface area contributed by atoms with Gasteiger partial charge in [-0.3, -0.25) is 0 Å². The number of halogens is 3. The third-order valence-electron chi connectivity index (χ3n) is 5.35. The van der Waals surface area contributed by atoms with Crippen LogP contribution in [0.1, 0.15) is 50.7 Å². The van der Waals surface area contributed by atoms with E-state index < -0.39 is 17.5 Å². The van der Waals surface area contributed by atoms with Crippen molar-refractivity contribution in [3.05, 3.63) is 83.2 Å². The molecule has 152 valence electrons. The fourth-order valence-corrected chi connectivity index (χ4v) is 3.68. The summed E-state index contributed by atoms with van der Waals surface area (Å²) in [5.74, 6) is -2.77. The number of benzene rings is 3. The zero-order valence-electron chi connectivity index (χ0n) is 17.1. The van der Waals surface area contributed by atoms with E-state index in [1.807, 2.05) is 43.3 Å². The van der Waals surface area contributed by atoms with Crippen molar-refractivity contribution in [2.75, 3.05) is 0 Å². The predicted octanol–water partition coefficient (Wildman–Crippen LogP) is 8.17. The van der Waals surface area contributed by atoms with E-state index in [1.54, 1.807) is 18.2 Å². The first-order chi connectivity index (χ1) is 14.1. The van der Waals surface area contributed by atoms with Crippen LogP contribution in [0, 0.1) is 17.5 Å². The molecule has 0 saturated carbocycles. The van der Waals surface area contributed by atoms with Gasteiger partial charge in [0, 0.05) is 5.56 Å². The van der Waals surface area contributed by atoms with Gasteiger partial charge in [0.25, 0.3) is 0 Å². The molecule has 3 heteroatoms. The molecule has 0 heterocycles. The van der Waals surface area contributed by atoms with Crippen LogP contribution in [-0.4, -0.2) is 0 Å². The number of hydrogen-bond donors (Lipinski definition) is 0. The lowest BCUT2D eigenvalue weighted by atomic mass is 9.96. The smallest absolute Gasteiger partial charge is 0.169 e. The van der Waals surface area contributed by atoms with Crippen molar-refractivity contribution in [3.8, 4) is 11.1 Å². The van der Waals surface area contributed by atoms with E-state index >= 15 is 4.39 Å². The minimum atomic E-state index is -1.10. The molecule has 0 spiro atoms. The highest BCUT2D eigenvalue weighted by molar-refractivity contribution is 5.89. The van der Waals surface area contributed by atoms with Crippen LogP contribution < -0.4 is 0 Å². The minimum absolute atomic E-state index is 0.275. The lowest BCUT2D eigenvalue weighted by molar-refractivity contribution is 0.502. The molecular weight excluding hydrogens is 369 g/mol. The lowest BCUT2D eigenvalue weighted by Gasteiger charge is -2.11. The molecule has 3 aromatic rings. The molecule has 0 aromatic heterocycles. The van der Waals surface area contributed by atoms with Crippen molar-refractivity contribution in [1.82, 2.24) is 0 Å². The van der Waals surface area contributed by atoms with Crippen molar-refractivity contribution < 1.29 is 13.2 Å². The molecular formula is C26H27F3. The maximum absolute atomic E-state index is 15.2. The maximum Gasteiger partial charge on any atom is 0.169 e. The Kier molecular flexibility index (Phi) is 7.13. The molecule has 0 bridgehead atoms. The van der Waals surface area contributed by atoms with Crippen molar-refractivity contribution in [1.29, 1.82) is 0 Å². The number of aryl methyl sites for hydroxylation is 2. The average molecular weight is 396 g/mol. The molecule has 0 amide bonds. The van der Waals surface area contributed by atoms with Gasteiger partial charge in [0.05, 0.1) is 5.39 Å². The zero-order valence-corrected chi connectivity index (χ0v) is 17.1. The monoisotopic (exact) mass is 396 g/mol. The van der Waals surface area contributed by atoms with Gasteiger partial charge in [0.2, 0.25) is 0 Å². The van der Waals surface area contributed by atoms with Gasteiger partial charge in [-0.25, -0.2) is 13.2 Å². The molecule has 0 N–H and O–H groups in total. The Morgan fingerprint density at radius 1 is 0.828 bits per heavy atom. The summed E-state index contributed by atoms with van der Waals surface area (Å²) in [5, 5.41) is 0.110. The van der Waals surface area contributed by atoms with Gasteiger partial charge >= 0.3 is 0 Å². The maximum atomic E-state index is 15.2. The summed E-state index contributed by atoms with van der Waals surface area (Å²) in [5.41, 5.74) is 2.43. The van der Waals surface area contributed by atoms with Crippen LogP contribution in [0.4, 0.5) is 13.2 Å². The molecule has 3 aromatic carbocycles. The van der Waals surface area contributed by atoms with E-state index in [1.165, 1.54) is 18.4 Å². The average Bonchev–Trinajstić information content (AvgIpc) is 2.72. The lowest BCUT2D eigenvalue weighted by Crippen LogP contribution is -1.99. The summed E-state index contributed by atoms with van der Waals surface area (Å²) >= 11 is 0. The van der Waals surface area contributed by atoms with Gasteiger partial charge < -0.3 is 0 Å². The second-order valence-electron chi connectivity index (χ2n) is 7.45. The van der Waals surface area contributed by atoms with Crippen LogP contribution in [0.15, 0.2) is 54.6 Å². The number of allylic oxidation sites excluding steroid dienone is 2. The molecule has 0 radical (unpaired) electrons. The molecule has 0 nitrogen and oxygen atoms in total. The number of fused-ring (bicyclic) bond motifs is 1. The second-order valence-corrected chi connectivity index (χ2v) is 7.45.